The van der Waals surface area contributed by atoms with Gasteiger partial charge >= 0.3 is 0 Å². The van der Waals surface area contributed by atoms with Gasteiger partial charge in [0.2, 0.25) is 11.8 Å². The first-order valence-corrected chi connectivity index (χ1v) is 15.6. The van der Waals surface area contributed by atoms with Crippen LogP contribution in [0.1, 0.15) is 47.4 Å². The first-order chi connectivity index (χ1) is 22.2. The third-order valence-corrected chi connectivity index (χ3v) is 8.45. The number of rotatable bonds is 11. The van der Waals surface area contributed by atoms with E-state index in [0.29, 0.717) is 42.9 Å². The molecule has 11 nitrogen and oxygen atoms in total. The van der Waals surface area contributed by atoms with Gasteiger partial charge in [-0.2, -0.15) is 5.10 Å². The molecule has 242 valence electrons. The molecule has 1 aliphatic heterocycles. The Morgan fingerprint density at radius 3 is 2.43 bits per heavy atom. The van der Waals surface area contributed by atoms with Crippen molar-refractivity contribution in [1.82, 2.24) is 30.2 Å². The van der Waals surface area contributed by atoms with Gasteiger partial charge in [0.1, 0.15) is 23.6 Å². The summed E-state index contributed by atoms with van der Waals surface area (Å²) in [7, 11) is 1.99. The number of halogens is 1. The van der Waals surface area contributed by atoms with Crippen molar-refractivity contribution in [2.24, 2.45) is 0 Å². The average Bonchev–Trinajstić information content (AvgIpc) is 3.72. The fraction of sp³-hybridized carbons (Fsp3) is 0.382. The molecule has 2 heterocycles. The highest BCUT2D eigenvalue weighted by molar-refractivity contribution is 6.03. The van der Waals surface area contributed by atoms with Crippen LogP contribution in [0.4, 0.5) is 10.1 Å². The lowest BCUT2D eigenvalue weighted by atomic mass is 10.0. The molecule has 1 aliphatic carbocycles. The van der Waals surface area contributed by atoms with Gasteiger partial charge in [-0.1, -0.05) is 43.3 Å². The van der Waals surface area contributed by atoms with Crippen LogP contribution in [-0.4, -0.2) is 88.5 Å². The number of anilines is 1. The summed E-state index contributed by atoms with van der Waals surface area (Å²) in [4.78, 5) is 56.5. The molecule has 46 heavy (non-hydrogen) atoms. The Morgan fingerprint density at radius 2 is 1.74 bits per heavy atom. The average molecular weight is 630 g/mol. The number of aromatic nitrogens is 2. The molecule has 0 saturated carbocycles. The maximum absolute atomic E-state index is 15.5. The normalized spacial score (nSPS) is 15.8. The highest BCUT2D eigenvalue weighted by atomic mass is 19.1. The molecule has 1 aromatic heterocycles. The van der Waals surface area contributed by atoms with Gasteiger partial charge in [-0.15, -0.1) is 0 Å². The molecular formula is C34H40FN7O4. The summed E-state index contributed by atoms with van der Waals surface area (Å²) in [6, 6.07) is 11.7. The molecule has 0 unspecified atom stereocenters. The number of piperazine rings is 1. The number of fused-ring (bicyclic) bond motifs is 1. The first-order valence-electron chi connectivity index (χ1n) is 15.6. The number of nitrogens with one attached hydrogen (secondary N) is 3. The summed E-state index contributed by atoms with van der Waals surface area (Å²) in [5.74, 6) is -2.25. The standard InChI is InChI=1S/C34H40FN7O4/c1-4-30(43)37-28(34(46)41-16-14-40(3)15-17-41)19-22-10-11-27(26(35)18-22)38-33(45)31(25-20-23-8-6-7-9-24(23)21-25)39-32(44)29-12-13-36-42(29)5-2/h6-13,18,20,28,31H,4-5,14-17,19,21H2,1-3H3,(H,37,43)(H,38,45)(H,39,44)/t28-,31+/m1/s1. The molecule has 1 saturated heterocycles. The zero-order valence-electron chi connectivity index (χ0n) is 26.4. The first kappa shape index (κ1) is 32.6. The number of nitrogens with zero attached hydrogens (tertiary/aromatic N) is 4. The number of aryl methyl sites for hydroxylation is 1. The van der Waals surface area contributed by atoms with Crippen molar-refractivity contribution >= 4 is 35.4 Å². The molecule has 1 fully saturated rings. The minimum absolute atomic E-state index is 0.0674. The molecule has 0 spiro atoms. The number of hydrogen-bond donors (Lipinski definition) is 3. The van der Waals surface area contributed by atoms with E-state index in [2.05, 4.69) is 25.9 Å². The van der Waals surface area contributed by atoms with Crippen LogP contribution in [0.2, 0.25) is 0 Å². The van der Waals surface area contributed by atoms with E-state index < -0.39 is 29.7 Å². The Kier molecular flexibility index (Phi) is 10.3. The molecule has 2 aromatic carbocycles. The van der Waals surface area contributed by atoms with Crippen LogP contribution in [0.5, 0.6) is 0 Å². The predicted octanol–water partition coefficient (Wildman–Crippen LogP) is 2.63. The largest absolute Gasteiger partial charge is 0.344 e. The number of likely N-dealkylation sites (N-methyl/N-ethyl adjacent to an activating group) is 1. The van der Waals surface area contributed by atoms with E-state index in [9.17, 15) is 19.2 Å². The zero-order valence-corrected chi connectivity index (χ0v) is 26.4. The zero-order chi connectivity index (χ0) is 32.8. The highest BCUT2D eigenvalue weighted by Gasteiger charge is 2.31. The van der Waals surface area contributed by atoms with E-state index in [1.807, 2.05) is 44.3 Å². The van der Waals surface area contributed by atoms with Gasteiger partial charge in [0.15, 0.2) is 0 Å². The molecule has 0 radical (unpaired) electrons. The van der Waals surface area contributed by atoms with Crippen molar-refractivity contribution < 1.29 is 23.6 Å². The van der Waals surface area contributed by atoms with Gasteiger partial charge in [-0.05, 0) is 60.9 Å². The van der Waals surface area contributed by atoms with Gasteiger partial charge < -0.3 is 25.8 Å². The minimum atomic E-state index is -1.07. The second-order valence-corrected chi connectivity index (χ2v) is 11.6. The lowest BCUT2D eigenvalue weighted by Crippen LogP contribution is -2.54. The van der Waals surface area contributed by atoms with E-state index in [4.69, 9.17) is 0 Å². The highest BCUT2D eigenvalue weighted by Crippen LogP contribution is 2.28. The lowest BCUT2D eigenvalue weighted by Gasteiger charge is -2.34. The number of benzene rings is 2. The number of carbonyl (C=O) groups is 4. The maximum Gasteiger partial charge on any atom is 0.270 e. The van der Waals surface area contributed by atoms with E-state index in [-0.39, 0.29) is 30.3 Å². The molecular weight excluding hydrogens is 589 g/mol. The molecule has 12 heteroatoms. The molecule has 4 amide bonds. The van der Waals surface area contributed by atoms with Gasteiger partial charge in [0.25, 0.3) is 11.8 Å². The summed E-state index contributed by atoms with van der Waals surface area (Å²) >= 11 is 0. The molecule has 3 N–H and O–H groups in total. The summed E-state index contributed by atoms with van der Waals surface area (Å²) in [5.41, 5.74) is 3.38. The minimum Gasteiger partial charge on any atom is -0.344 e. The maximum atomic E-state index is 15.5. The SMILES string of the molecule is CCC(=O)N[C@H](Cc1ccc(NC(=O)[C@@H](NC(=O)c2ccnn2CC)C2=Cc3ccccc3C2)c(F)c1)C(=O)N1CCN(C)CC1. The van der Waals surface area contributed by atoms with Crippen molar-refractivity contribution in [1.29, 1.82) is 0 Å². The van der Waals surface area contributed by atoms with Gasteiger partial charge in [0, 0.05) is 51.8 Å². The van der Waals surface area contributed by atoms with Crippen molar-refractivity contribution in [2.45, 2.75) is 51.7 Å². The Hall–Kier alpha value is -4.84. The summed E-state index contributed by atoms with van der Waals surface area (Å²) in [6.07, 6.45) is 4.16. The van der Waals surface area contributed by atoms with Crippen molar-refractivity contribution in [3.05, 3.63) is 88.5 Å². The number of amides is 4. The van der Waals surface area contributed by atoms with Crippen LogP contribution in [0, 0.1) is 5.82 Å². The van der Waals surface area contributed by atoms with Crippen LogP contribution in [0.25, 0.3) is 6.08 Å². The summed E-state index contributed by atoms with van der Waals surface area (Å²) in [6.45, 7) is 6.60. The third-order valence-electron chi connectivity index (χ3n) is 8.45. The van der Waals surface area contributed by atoms with Crippen LogP contribution in [0.15, 0.2) is 60.3 Å². The molecule has 0 bridgehead atoms. The Bertz CT molecular complexity index is 1640. The monoisotopic (exact) mass is 629 g/mol. The Balaban J connectivity index is 1.33. The molecule has 5 rings (SSSR count). The summed E-state index contributed by atoms with van der Waals surface area (Å²) < 4.78 is 17.0. The molecule has 2 aliphatic rings. The van der Waals surface area contributed by atoms with Gasteiger partial charge in [-0.3, -0.25) is 23.9 Å². The van der Waals surface area contributed by atoms with Crippen LogP contribution in [-0.2, 0) is 33.8 Å². The second-order valence-electron chi connectivity index (χ2n) is 11.6. The van der Waals surface area contributed by atoms with Gasteiger partial charge in [-0.25, -0.2) is 4.39 Å². The second kappa shape index (κ2) is 14.5. The fourth-order valence-electron chi connectivity index (χ4n) is 5.77. The third kappa shape index (κ3) is 7.51. The van der Waals surface area contributed by atoms with E-state index in [0.717, 1.165) is 24.2 Å². The number of hydrogen-bond acceptors (Lipinski definition) is 6. The van der Waals surface area contributed by atoms with E-state index in [1.54, 1.807) is 24.0 Å². The quantitative estimate of drug-likeness (QED) is 0.299. The fourth-order valence-corrected chi connectivity index (χ4v) is 5.77. The number of carbonyl (C=O) groups excluding carboxylic acids is 4. The van der Waals surface area contributed by atoms with Crippen LogP contribution >= 0.6 is 0 Å². The predicted molar refractivity (Wildman–Crippen MR) is 172 cm³/mol. The lowest BCUT2D eigenvalue weighted by molar-refractivity contribution is -0.137. The van der Waals surface area contributed by atoms with Crippen molar-refractivity contribution in [3.8, 4) is 0 Å². The van der Waals surface area contributed by atoms with Crippen molar-refractivity contribution in [2.75, 3.05) is 38.5 Å². The van der Waals surface area contributed by atoms with Crippen molar-refractivity contribution in [3.63, 3.8) is 0 Å². The molecule has 3 aromatic rings. The van der Waals surface area contributed by atoms with E-state index >= 15 is 4.39 Å². The topological polar surface area (TPSA) is 129 Å². The van der Waals surface area contributed by atoms with E-state index in [1.165, 1.54) is 23.0 Å². The molecule has 2 atom stereocenters. The van der Waals surface area contributed by atoms with Gasteiger partial charge in [0.05, 0.1) is 5.69 Å². The Morgan fingerprint density at radius 1 is 0.978 bits per heavy atom. The smallest absolute Gasteiger partial charge is 0.270 e. The Labute approximate surface area is 267 Å². The van der Waals surface area contributed by atoms with Crippen LogP contribution < -0.4 is 16.0 Å². The van der Waals surface area contributed by atoms with Crippen LogP contribution in [0.3, 0.4) is 0 Å². The summed E-state index contributed by atoms with van der Waals surface area (Å²) in [5, 5.41) is 12.4.